The molecule has 2 aliphatic rings. The summed E-state index contributed by atoms with van der Waals surface area (Å²) in [5, 5.41) is 2.02. The Bertz CT molecular complexity index is 168. The van der Waals surface area contributed by atoms with Crippen LogP contribution < -0.4 is 0 Å². The lowest BCUT2D eigenvalue weighted by atomic mass is 9.72. The molecule has 2 bridgehead atoms. The van der Waals surface area contributed by atoms with Gasteiger partial charge in [-0.15, -0.1) is 0 Å². The van der Waals surface area contributed by atoms with Gasteiger partial charge >= 0.3 is 0 Å². The first-order valence-electron chi connectivity index (χ1n) is 5.75. The van der Waals surface area contributed by atoms with Crippen LogP contribution in [-0.4, -0.2) is 10.5 Å². The molecular weight excluding hydrogens is 176 g/mol. The standard InChI is InChI=1S/C12H22S/c1-7(2)10-5-9-6-11(8(3)4)12(10)13-9/h7-12H,5-6H2,1-4H3. The summed E-state index contributed by atoms with van der Waals surface area (Å²) in [4.78, 5) is 0. The highest BCUT2D eigenvalue weighted by Gasteiger charge is 2.48. The van der Waals surface area contributed by atoms with Crippen molar-refractivity contribution in [2.75, 3.05) is 0 Å². The molecule has 2 aliphatic heterocycles. The summed E-state index contributed by atoms with van der Waals surface area (Å²) in [7, 11) is 0. The maximum atomic E-state index is 2.41. The maximum Gasteiger partial charge on any atom is 0.0112 e. The van der Waals surface area contributed by atoms with Gasteiger partial charge < -0.3 is 0 Å². The Morgan fingerprint density at radius 2 is 1.38 bits per heavy atom. The number of hydrogen-bond acceptors (Lipinski definition) is 1. The molecule has 0 aromatic heterocycles. The normalized spacial score (nSPS) is 43.8. The van der Waals surface area contributed by atoms with Crippen LogP contribution in [0.4, 0.5) is 0 Å². The molecule has 0 aliphatic carbocycles. The predicted molar refractivity (Wildman–Crippen MR) is 61.1 cm³/mol. The van der Waals surface area contributed by atoms with Crippen LogP contribution in [0.25, 0.3) is 0 Å². The van der Waals surface area contributed by atoms with Crippen LogP contribution in [0.5, 0.6) is 0 Å². The Balaban J connectivity index is 2.06. The lowest BCUT2D eigenvalue weighted by molar-refractivity contribution is 0.218. The van der Waals surface area contributed by atoms with Crippen LogP contribution in [0.15, 0.2) is 0 Å². The molecule has 2 unspecified atom stereocenters. The zero-order valence-corrected chi connectivity index (χ0v) is 10.1. The van der Waals surface area contributed by atoms with Crippen molar-refractivity contribution in [1.82, 2.24) is 0 Å². The molecule has 0 saturated carbocycles. The van der Waals surface area contributed by atoms with Gasteiger partial charge in [-0.1, -0.05) is 27.7 Å². The SMILES string of the molecule is CC(C)C1CC2CC(C(C)C)C1S2. The summed E-state index contributed by atoms with van der Waals surface area (Å²) in [6.07, 6.45) is 3.02. The van der Waals surface area contributed by atoms with Crippen LogP contribution in [0.2, 0.25) is 0 Å². The van der Waals surface area contributed by atoms with E-state index in [1.165, 1.54) is 12.8 Å². The third kappa shape index (κ3) is 1.65. The molecular formula is C12H22S. The first-order valence-corrected chi connectivity index (χ1v) is 6.69. The van der Waals surface area contributed by atoms with Crippen molar-refractivity contribution in [3.05, 3.63) is 0 Å². The molecule has 0 N–H and O–H groups in total. The van der Waals surface area contributed by atoms with E-state index in [-0.39, 0.29) is 0 Å². The van der Waals surface area contributed by atoms with E-state index in [9.17, 15) is 0 Å². The van der Waals surface area contributed by atoms with Crippen molar-refractivity contribution < 1.29 is 0 Å². The van der Waals surface area contributed by atoms with Crippen molar-refractivity contribution in [1.29, 1.82) is 0 Å². The van der Waals surface area contributed by atoms with E-state index in [1.54, 1.807) is 0 Å². The van der Waals surface area contributed by atoms with Gasteiger partial charge in [-0.05, 0) is 36.5 Å². The molecule has 0 radical (unpaired) electrons. The average molecular weight is 198 g/mol. The molecule has 2 atom stereocenters. The van der Waals surface area contributed by atoms with E-state index >= 15 is 0 Å². The largest absolute Gasteiger partial charge is 0.155 e. The zero-order valence-electron chi connectivity index (χ0n) is 9.29. The molecule has 1 heteroatoms. The van der Waals surface area contributed by atoms with Gasteiger partial charge in [0.05, 0.1) is 0 Å². The van der Waals surface area contributed by atoms with Crippen LogP contribution in [0, 0.1) is 23.7 Å². The third-order valence-electron chi connectivity index (χ3n) is 3.98. The van der Waals surface area contributed by atoms with E-state index in [4.69, 9.17) is 0 Å². The second-order valence-electron chi connectivity index (χ2n) is 5.51. The van der Waals surface area contributed by atoms with Gasteiger partial charge in [-0.2, -0.15) is 11.8 Å². The molecule has 0 aromatic carbocycles. The molecule has 13 heavy (non-hydrogen) atoms. The summed E-state index contributed by atoms with van der Waals surface area (Å²) in [6, 6.07) is 0. The topological polar surface area (TPSA) is 0 Å². The van der Waals surface area contributed by atoms with Crippen LogP contribution in [-0.2, 0) is 0 Å². The predicted octanol–water partition coefficient (Wildman–Crippen LogP) is 3.81. The molecule has 2 heterocycles. The second-order valence-corrected chi connectivity index (χ2v) is 6.99. The molecule has 0 amide bonds. The first kappa shape index (κ1) is 9.89. The van der Waals surface area contributed by atoms with Crippen molar-refractivity contribution in [3.63, 3.8) is 0 Å². The smallest absolute Gasteiger partial charge is 0.0112 e. The van der Waals surface area contributed by atoms with Crippen LogP contribution in [0.3, 0.4) is 0 Å². The minimum absolute atomic E-state index is 0.907. The Morgan fingerprint density at radius 1 is 0.923 bits per heavy atom. The molecule has 2 rings (SSSR count). The highest BCUT2D eigenvalue weighted by Crippen LogP contribution is 2.56. The fraction of sp³-hybridized carbons (Fsp3) is 1.00. The van der Waals surface area contributed by atoms with E-state index in [0.717, 1.165) is 34.2 Å². The molecule has 0 aromatic rings. The quantitative estimate of drug-likeness (QED) is 0.650. The molecule has 0 spiro atoms. The first-order chi connectivity index (χ1) is 6.09. The fourth-order valence-corrected chi connectivity index (χ4v) is 5.49. The van der Waals surface area contributed by atoms with Gasteiger partial charge in [0.1, 0.15) is 0 Å². The van der Waals surface area contributed by atoms with Gasteiger partial charge in [0.25, 0.3) is 0 Å². The van der Waals surface area contributed by atoms with Crippen molar-refractivity contribution >= 4 is 11.8 Å². The van der Waals surface area contributed by atoms with E-state index < -0.39 is 0 Å². The molecule has 2 fully saturated rings. The van der Waals surface area contributed by atoms with E-state index in [1.807, 2.05) is 0 Å². The van der Waals surface area contributed by atoms with E-state index in [2.05, 4.69) is 39.5 Å². The number of fused-ring (bicyclic) bond motifs is 2. The Hall–Kier alpha value is 0.350. The molecule has 76 valence electrons. The van der Waals surface area contributed by atoms with Gasteiger partial charge in [0.15, 0.2) is 0 Å². The molecule has 2 saturated heterocycles. The highest BCUT2D eigenvalue weighted by atomic mass is 32.2. The highest BCUT2D eigenvalue weighted by molar-refractivity contribution is 8.01. The summed E-state index contributed by atoms with van der Waals surface area (Å²) < 4.78 is 0. The van der Waals surface area contributed by atoms with Gasteiger partial charge in [-0.25, -0.2) is 0 Å². The maximum absolute atomic E-state index is 2.41. The summed E-state index contributed by atoms with van der Waals surface area (Å²) >= 11 is 2.30. The Labute approximate surface area is 86.9 Å². The van der Waals surface area contributed by atoms with Gasteiger partial charge in [0.2, 0.25) is 0 Å². The van der Waals surface area contributed by atoms with Crippen molar-refractivity contribution in [2.24, 2.45) is 23.7 Å². The summed E-state index contributed by atoms with van der Waals surface area (Å²) in [5.74, 6) is 3.86. The number of rotatable bonds is 2. The van der Waals surface area contributed by atoms with Crippen molar-refractivity contribution in [2.45, 2.75) is 51.0 Å². The lowest BCUT2D eigenvalue weighted by Crippen LogP contribution is -2.31. The minimum atomic E-state index is 0.907. The Morgan fingerprint density at radius 3 is 1.69 bits per heavy atom. The molecule has 0 nitrogen and oxygen atoms in total. The van der Waals surface area contributed by atoms with Crippen LogP contribution >= 0.6 is 11.8 Å². The monoisotopic (exact) mass is 198 g/mol. The Kier molecular flexibility index (Phi) is 2.65. The fourth-order valence-electron chi connectivity index (χ4n) is 3.13. The van der Waals surface area contributed by atoms with Gasteiger partial charge in [0, 0.05) is 10.5 Å². The van der Waals surface area contributed by atoms with Gasteiger partial charge in [-0.3, -0.25) is 0 Å². The van der Waals surface area contributed by atoms with E-state index in [0.29, 0.717) is 0 Å². The average Bonchev–Trinajstić information content (AvgIpc) is 2.60. The second kappa shape index (κ2) is 3.49. The number of hydrogen-bond donors (Lipinski definition) is 0. The van der Waals surface area contributed by atoms with Crippen LogP contribution in [0.1, 0.15) is 40.5 Å². The summed E-state index contributed by atoms with van der Waals surface area (Å²) in [5.41, 5.74) is 0. The van der Waals surface area contributed by atoms with Crippen molar-refractivity contribution in [3.8, 4) is 0 Å². The minimum Gasteiger partial charge on any atom is -0.155 e. The summed E-state index contributed by atoms with van der Waals surface area (Å²) in [6.45, 7) is 9.62. The lowest BCUT2D eigenvalue weighted by Gasteiger charge is -2.32. The zero-order chi connectivity index (χ0) is 9.59. The number of thioether (sulfide) groups is 1. The third-order valence-corrected chi connectivity index (χ3v) is 5.76.